The van der Waals surface area contributed by atoms with Crippen molar-refractivity contribution >= 4 is 5.91 Å². The van der Waals surface area contributed by atoms with Crippen LogP contribution in [-0.2, 0) is 11.3 Å². The maximum Gasteiger partial charge on any atom is 0.221 e. The molecule has 19 heavy (non-hydrogen) atoms. The van der Waals surface area contributed by atoms with Crippen molar-refractivity contribution in [3.05, 3.63) is 23.8 Å². The first-order valence-electron chi connectivity index (χ1n) is 6.55. The lowest BCUT2D eigenvalue weighted by Crippen LogP contribution is -2.29. The number of benzene rings is 1. The highest BCUT2D eigenvalue weighted by Crippen LogP contribution is 2.29. The number of aromatic hydroxyl groups is 1. The van der Waals surface area contributed by atoms with E-state index in [0.717, 1.165) is 18.4 Å². The Bertz CT molecular complexity index is 444. The molecule has 5 heteroatoms. The summed E-state index contributed by atoms with van der Waals surface area (Å²) < 4.78 is 5.04. The van der Waals surface area contributed by atoms with Gasteiger partial charge < -0.3 is 20.5 Å². The van der Waals surface area contributed by atoms with E-state index >= 15 is 0 Å². The number of nitrogens with one attached hydrogen (secondary N) is 2. The molecule has 0 spiro atoms. The van der Waals surface area contributed by atoms with Gasteiger partial charge in [-0.25, -0.2) is 0 Å². The molecule has 1 aromatic rings. The van der Waals surface area contributed by atoms with Crippen LogP contribution in [0.4, 0.5) is 0 Å². The fraction of sp³-hybridized carbons (Fsp3) is 0.500. The number of amides is 1. The Labute approximate surface area is 113 Å². The first-order chi connectivity index (χ1) is 9.20. The Hall–Kier alpha value is -1.75. The van der Waals surface area contributed by atoms with Crippen LogP contribution in [0.25, 0.3) is 0 Å². The van der Waals surface area contributed by atoms with Gasteiger partial charge in [0.15, 0.2) is 11.5 Å². The topological polar surface area (TPSA) is 70.6 Å². The molecule has 3 N–H and O–H groups in total. The van der Waals surface area contributed by atoms with Gasteiger partial charge in [0, 0.05) is 31.1 Å². The van der Waals surface area contributed by atoms with Gasteiger partial charge in [-0.15, -0.1) is 0 Å². The predicted octanol–water partition coefficient (Wildman–Crippen LogP) is 1.16. The summed E-state index contributed by atoms with van der Waals surface area (Å²) in [7, 11) is 1.52. The first kappa shape index (κ1) is 13.7. The zero-order chi connectivity index (χ0) is 13.7. The standard InChI is InChI=1S/C14H20N2O3/c1-19-12-4-2-3-10(14(12)18)9-15-8-7-13(17)16-11-5-6-11/h2-4,11,15,18H,5-9H2,1H3,(H,16,17). The molecular formula is C14H20N2O3. The summed E-state index contributed by atoms with van der Waals surface area (Å²) in [5.41, 5.74) is 0.766. The number of hydrogen-bond acceptors (Lipinski definition) is 4. The van der Waals surface area contributed by atoms with E-state index in [9.17, 15) is 9.90 Å². The van der Waals surface area contributed by atoms with Crippen LogP contribution >= 0.6 is 0 Å². The molecule has 0 unspecified atom stereocenters. The Morgan fingerprint density at radius 1 is 1.47 bits per heavy atom. The summed E-state index contributed by atoms with van der Waals surface area (Å²) in [6.45, 7) is 1.11. The summed E-state index contributed by atoms with van der Waals surface area (Å²) in [6.07, 6.45) is 2.68. The monoisotopic (exact) mass is 264 g/mol. The van der Waals surface area contributed by atoms with Gasteiger partial charge >= 0.3 is 0 Å². The van der Waals surface area contributed by atoms with Crippen molar-refractivity contribution in [2.75, 3.05) is 13.7 Å². The van der Waals surface area contributed by atoms with E-state index in [-0.39, 0.29) is 11.7 Å². The highest BCUT2D eigenvalue weighted by molar-refractivity contribution is 5.76. The van der Waals surface area contributed by atoms with Crippen LogP contribution in [0.3, 0.4) is 0 Å². The number of rotatable bonds is 7. The molecule has 1 fully saturated rings. The van der Waals surface area contributed by atoms with Crippen LogP contribution in [0, 0.1) is 0 Å². The molecule has 104 valence electrons. The molecule has 0 radical (unpaired) electrons. The van der Waals surface area contributed by atoms with Gasteiger partial charge in [0.25, 0.3) is 0 Å². The number of phenols is 1. The second kappa shape index (κ2) is 6.43. The highest BCUT2D eigenvalue weighted by Gasteiger charge is 2.22. The molecule has 0 bridgehead atoms. The maximum atomic E-state index is 11.5. The molecule has 0 atom stereocenters. The third-order valence-electron chi connectivity index (χ3n) is 3.09. The second-order valence-electron chi connectivity index (χ2n) is 4.74. The van der Waals surface area contributed by atoms with Crippen molar-refractivity contribution in [2.45, 2.75) is 31.8 Å². The van der Waals surface area contributed by atoms with Crippen LogP contribution in [0.2, 0.25) is 0 Å². The molecule has 1 aromatic carbocycles. The van der Waals surface area contributed by atoms with E-state index in [1.807, 2.05) is 12.1 Å². The normalized spacial score (nSPS) is 14.2. The Balaban J connectivity index is 1.71. The number of hydrogen-bond donors (Lipinski definition) is 3. The summed E-state index contributed by atoms with van der Waals surface area (Å²) in [4.78, 5) is 11.5. The first-order valence-corrected chi connectivity index (χ1v) is 6.55. The summed E-state index contributed by atoms with van der Waals surface area (Å²) in [5.74, 6) is 0.704. The fourth-order valence-electron chi connectivity index (χ4n) is 1.83. The molecule has 0 saturated heterocycles. The third-order valence-corrected chi connectivity index (χ3v) is 3.09. The van der Waals surface area contributed by atoms with E-state index < -0.39 is 0 Å². The lowest BCUT2D eigenvalue weighted by Gasteiger charge is -2.09. The van der Waals surface area contributed by atoms with Crippen LogP contribution in [0.1, 0.15) is 24.8 Å². The van der Waals surface area contributed by atoms with E-state index in [1.54, 1.807) is 6.07 Å². The van der Waals surface area contributed by atoms with Crippen LogP contribution in [0.15, 0.2) is 18.2 Å². The minimum atomic E-state index is 0.0878. The van der Waals surface area contributed by atoms with E-state index in [1.165, 1.54) is 7.11 Å². The van der Waals surface area contributed by atoms with Gasteiger partial charge in [0.2, 0.25) is 5.91 Å². The molecule has 0 aromatic heterocycles. The van der Waals surface area contributed by atoms with Gasteiger partial charge in [0.05, 0.1) is 7.11 Å². The average Bonchev–Trinajstić information content (AvgIpc) is 3.20. The van der Waals surface area contributed by atoms with Crippen molar-refractivity contribution in [1.29, 1.82) is 0 Å². The van der Waals surface area contributed by atoms with Crippen LogP contribution in [0.5, 0.6) is 11.5 Å². The number of carbonyl (C=O) groups is 1. The maximum absolute atomic E-state index is 11.5. The van der Waals surface area contributed by atoms with E-state index in [4.69, 9.17) is 4.74 Å². The van der Waals surface area contributed by atoms with Gasteiger partial charge in [-0.2, -0.15) is 0 Å². The number of phenolic OH excluding ortho intramolecular Hbond substituents is 1. The summed E-state index contributed by atoms with van der Waals surface area (Å²) in [6, 6.07) is 5.78. The zero-order valence-electron chi connectivity index (χ0n) is 11.1. The molecule has 1 amide bonds. The molecule has 1 saturated carbocycles. The van der Waals surface area contributed by atoms with E-state index in [0.29, 0.717) is 31.3 Å². The van der Waals surface area contributed by atoms with Crippen molar-refractivity contribution in [1.82, 2.24) is 10.6 Å². The molecule has 0 aliphatic heterocycles. The Kier molecular flexibility index (Phi) is 4.63. The lowest BCUT2D eigenvalue weighted by molar-refractivity contribution is -0.121. The van der Waals surface area contributed by atoms with Crippen molar-refractivity contribution in [3.63, 3.8) is 0 Å². The number of carbonyl (C=O) groups excluding carboxylic acids is 1. The smallest absolute Gasteiger partial charge is 0.221 e. The number of para-hydroxylation sites is 1. The fourth-order valence-corrected chi connectivity index (χ4v) is 1.83. The molecule has 0 heterocycles. The van der Waals surface area contributed by atoms with Gasteiger partial charge in [0.1, 0.15) is 0 Å². The summed E-state index contributed by atoms with van der Waals surface area (Å²) >= 11 is 0. The van der Waals surface area contributed by atoms with E-state index in [2.05, 4.69) is 10.6 Å². The zero-order valence-corrected chi connectivity index (χ0v) is 11.1. The van der Waals surface area contributed by atoms with Gasteiger partial charge in [-0.05, 0) is 18.9 Å². The van der Waals surface area contributed by atoms with Gasteiger partial charge in [-0.3, -0.25) is 4.79 Å². The molecule has 1 aliphatic rings. The molecule has 5 nitrogen and oxygen atoms in total. The second-order valence-corrected chi connectivity index (χ2v) is 4.74. The summed E-state index contributed by atoms with van der Waals surface area (Å²) in [5, 5.41) is 16.0. The van der Waals surface area contributed by atoms with Crippen molar-refractivity contribution in [2.24, 2.45) is 0 Å². The predicted molar refractivity (Wildman–Crippen MR) is 72.1 cm³/mol. The van der Waals surface area contributed by atoms with Crippen molar-refractivity contribution < 1.29 is 14.6 Å². The molecule has 1 aliphatic carbocycles. The minimum Gasteiger partial charge on any atom is -0.504 e. The largest absolute Gasteiger partial charge is 0.504 e. The molecular weight excluding hydrogens is 244 g/mol. The SMILES string of the molecule is COc1cccc(CNCCC(=O)NC2CC2)c1O. The van der Waals surface area contributed by atoms with Crippen molar-refractivity contribution in [3.8, 4) is 11.5 Å². The quantitative estimate of drug-likeness (QED) is 0.646. The lowest BCUT2D eigenvalue weighted by atomic mass is 10.2. The number of methoxy groups -OCH3 is 1. The minimum absolute atomic E-state index is 0.0878. The molecule has 2 rings (SSSR count). The Morgan fingerprint density at radius 2 is 2.26 bits per heavy atom. The van der Waals surface area contributed by atoms with Gasteiger partial charge in [-0.1, -0.05) is 12.1 Å². The third kappa shape index (κ3) is 4.13. The van der Waals surface area contributed by atoms with Crippen LogP contribution < -0.4 is 15.4 Å². The average molecular weight is 264 g/mol. The number of ether oxygens (including phenoxy) is 1. The van der Waals surface area contributed by atoms with Crippen LogP contribution in [-0.4, -0.2) is 30.7 Å². The Morgan fingerprint density at radius 3 is 2.95 bits per heavy atom. The highest BCUT2D eigenvalue weighted by atomic mass is 16.5.